The predicted molar refractivity (Wildman–Crippen MR) is 89.7 cm³/mol. The van der Waals surface area contributed by atoms with E-state index in [2.05, 4.69) is 16.0 Å². The normalized spacial score (nSPS) is 10.7. The van der Waals surface area contributed by atoms with Crippen molar-refractivity contribution >= 4 is 34.8 Å². The molecule has 0 aliphatic heterocycles. The highest BCUT2D eigenvalue weighted by atomic mass is 32.1. The fraction of sp³-hybridized carbons (Fsp3) is 0.400. The van der Waals surface area contributed by atoms with Crippen LogP contribution in [0.3, 0.4) is 0 Å². The first kappa shape index (κ1) is 18.1. The van der Waals surface area contributed by atoms with E-state index in [1.54, 1.807) is 45.0 Å². The number of anilines is 1. The van der Waals surface area contributed by atoms with E-state index in [-0.39, 0.29) is 30.1 Å². The smallest absolute Gasteiger partial charge is 0.253 e. The first-order valence-corrected chi connectivity index (χ1v) is 7.27. The lowest BCUT2D eigenvalue weighted by Crippen LogP contribution is -2.41. The van der Waals surface area contributed by atoms with Crippen LogP contribution in [-0.4, -0.2) is 35.2 Å². The Morgan fingerprint density at radius 1 is 1.23 bits per heavy atom. The van der Waals surface area contributed by atoms with Crippen LogP contribution in [0.1, 0.15) is 31.1 Å². The standard InChI is InChI=1S/C15H21N3O3S/c1-15(2,3)13(21)18-14(22)17-11-7-5-4-6-10(11)12(20)16-8-9-19/h4-7,19H,8-9H2,1-3H3,(H,16,20)(H2,17,18,21,22). The van der Waals surface area contributed by atoms with Crippen LogP contribution in [-0.2, 0) is 4.79 Å². The van der Waals surface area contributed by atoms with Gasteiger partial charge in [-0.2, -0.15) is 0 Å². The van der Waals surface area contributed by atoms with Gasteiger partial charge in [-0.3, -0.25) is 9.59 Å². The molecule has 0 fully saturated rings. The van der Waals surface area contributed by atoms with Crippen molar-refractivity contribution in [2.24, 2.45) is 5.41 Å². The second kappa shape index (κ2) is 7.86. The molecule has 4 N–H and O–H groups in total. The van der Waals surface area contributed by atoms with Crippen molar-refractivity contribution in [1.82, 2.24) is 10.6 Å². The number of nitrogens with one attached hydrogen (secondary N) is 3. The summed E-state index contributed by atoms with van der Waals surface area (Å²) in [6, 6.07) is 6.78. The Bertz CT molecular complexity index is 567. The fourth-order valence-electron chi connectivity index (χ4n) is 1.50. The number of rotatable bonds is 4. The average molecular weight is 323 g/mol. The average Bonchev–Trinajstić information content (AvgIpc) is 2.44. The molecule has 0 aliphatic carbocycles. The Balaban J connectivity index is 2.79. The zero-order valence-corrected chi connectivity index (χ0v) is 13.7. The molecule has 0 atom stereocenters. The number of hydrogen-bond donors (Lipinski definition) is 4. The molecule has 0 unspecified atom stereocenters. The molecule has 0 aliphatic rings. The number of amides is 2. The van der Waals surface area contributed by atoms with Gasteiger partial charge in [0.25, 0.3) is 5.91 Å². The molecule has 6 nitrogen and oxygen atoms in total. The van der Waals surface area contributed by atoms with Crippen LogP contribution in [0.5, 0.6) is 0 Å². The molecule has 0 saturated heterocycles. The van der Waals surface area contributed by atoms with E-state index in [1.807, 2.05) is 0 Å². The minimum Gasteiger partial charge on any atom is -0.395 e. The Morgan fingerprint density at radius 2 is 1.86 bits per heavy atom. The monoisotopic (exact) mass is 323 g/mol. The van der Waals surface area contributed by atoms with E-state index in [9.17, 15) is 9.59 Å². The van der Waals surface area contributed by atoms with Crippen LogP contribution in [0.4, 0.5) is 5.69 Å². The van der Waals surface area contributed by atoms with E-state index in [1.165, 1.54) is 0 Å². The maximum absolute atomic E-state index is 12.0. The lowest BCUT2D eigenvalue weighted by molar-refractivity contribution is -0.126. The molecule has 120 valence electrons. The van der Waals surface area contributed by atoms with Gasteiger partial charge in [-0.05, 0) is 24.4 Å². The van der Waals surface area contributed by atoms with Gasteiger partial charge in [0.2, 0.25) is 5.91 Å². The van der Waals surface area contributed by atoms with Gasteiger partial charge in [-0.25, -0.2) is 0 Å². The number of thiocarbonyl (C=S) groups is 1. The molecule has 0 spiro atoms. The number of aliphatic hydroxyl groups is 1. The summed E-state index contributed by atoms with van der Waals surface area (Å²) in [6.07, 6.45) is 0. The van der Waals surface area contributed by atoms with Gasteiger partial charge in [-0.1, -0.05) is 32.9 Å². The Labute approximate surface area is 135 Å². The molecule has 0 radical (unpaired) electrons. The van der Waals surface area contributed by atoms with Crippen molar-refractivity contribution in [2.75, 3.05) is 18.5 Å². The SMILES string of the molecule is CC(C)(C)C(=O)NC(=S)Nc1ccccc1C(=O)NCCO. The van der Waals surface area contributed by atoms with E-state index in [0.29, 0.717) is 11.3 Å². The number of benzene rings is 1. The summed E-state index contributed by atoms with van der Waals surface area (Å²) in [4.78, 5) is 23.9. The Hall–Kier alpha value is -1.99. The second-order valence-corrected chi connectivity index (χ2v) is 6.09. The van der Waals surface area contributed by atoms with Crippen LogP contribution in [0.25, 0.3) is 0 Å². The Kier molecular flexibility index (Phi) is 6.45. The molecule has 2 amide bonds. The molecular formula is C15H21N3O3S. The van der Waals surface area contributed by atoms with Crippen molar-refractivity contribution in [3.05, 3.63) is 29.8 Å². The van der Waals surface area contributed by atoms with Crippen LogP contribution in [0.2, 0.25) is 0 Å². The van der Waals surface area contributed by atoms with E-state index < -0.39 is 5.41 Å². The zero-order chi connectivity index (χ0) is 16.8. The highest BCUT2D eigenvalue weighted by molar-refractivity contribution is 7.80. The summed E-state index contributed by atoms with van der Waals surface area (Å²) >= 11 is 5.10. The zero-order valence-electron chi connectivity index (χ0n) is 12.9. The van der Waals surface area contributed by atoms with Crippen molar-refractivity contribution in [3.8, 4) is 0 Å². The number of carbonyl (C=O) groups excluding carboxylic acids is 2. The lowest BCUT2D eigenvalue weighted by atomic mass is 9.96. The molecule has 1 rings (SSSR count). The van der Waals surface area contributed by atoms with Crippen molar-refractivity contribution in [1.29, 1.82) is 0 Å². The highest BCUT2D eigenvalue weighted by Crippen LogP contribution is 2.16. The third kappa shape index (κ3) is 5.42. The quantitative estimate of drug-likeness (QED) is 0.627. The summed E-state index contributed by atoms with van der Waals surface area (Å²) < 4.78 is 0. The molecule has 0 aromatic heterocycles. The topological polar surface area (TPSA) is 90.5 Å². The summed E-state index contributed by atoms with van der Waals surface area (Å²) in [5.41, 5.74) is 0.296. The van der Waals surface area contributed by atoms with E-state index >= 15 is 0 Å². The minimum atomic E-state index is -0.566. The number of carbonyl (C=O) groups is 2. The van der Waals surface area contributed by atoms with Crippen LogP contribution >= 0.6 is 12.2 Å². The molecule has 7 heteroatoms. The summed E-state index contributed by atoms with van der Waals surface area (Å²) in [6.45, 7) is 5.36. The van der Waals surface area contributed by atoms with E-state index in [0.717, 1.165) is 0 Å². The highest BCUT2D eigenvalue weighted by Gasteiger charge is 2.22. The third-order valence-electron chi connectivity index (χ3n) is 2.73. The van der Waals surface area contributed by atoms with Gasteiger partial charge < -0.3 is 21.1 Å². The maximum atomic E-state index is 12.0. The van der Waals surface area contributed by atoms with Gasteiger partial charge in [-0.15, -0.1) is 0 Å². The minimum absolute atomic E-state index is 0.127. The number of aliphatic hydroxyl groups excluding tert-OH is 1. The summed E-state index contributed by atoms with van der Waals surface area (Å²) in [5, 5.41) is 16.9. The lowest BCUT2D eigenvalue weighted by Gasteiger charge is -2.19. The molecular weight excluding hydrogens is 302 g/mol. The first-order chi connectivity index (χ1) is 10.3. The fourth-order valence-corrected chi connectivity index (χ4v) is 1.70. The van der Waals surface area contributed by atoms with Crippen molar-refractivity contribution < 1.29 is 14.7 Å². The van der Waals surface area contributed by atoms with Crippen molar-refractivity contribution in [2.45, 2.75) is 20.8 Å². The molecule has 0 heterocycles. The Morgan fingerprint density at radius 3 is 2.45 bits per heavy atom. The first-order valence-electron chi connectivity index (χ1n) is 6.86. The maximum Gasteiger partial charge on any atom is 0.253 e. The number of hydrogen-bond acceptors (Lipinski definition) is 4. The van der Waals surface area contributed by atoms with Crippen LogP contribution in [0.15, 0.2) is 24.3 Å². The van der Waals surface area contributed by atoms with Crippen LogP contribution < -0.4 is 16.0 Å². The second-order valence-electron chi connectivity index (χ2n) is 5.68. The largest absolute Gasteiger partial charge is 0.395 e. The third-order valence-corrected chi connectivity index (χ3v) is 2.93. The molecule has 0 saturated carbocycles. The van der Waals surface area contributed by atoms with E-state index in [4.69, 9.17) is 17.3 Å². The van der Waals surface area contributed by atoms with Gasteiger partial charge >= 0.3 is 0 Å². The summed E-state index contributed by atoms with van der Waals surface area (Å²) in [5.74, 6) is -0.547. The molecule has 1 aromatic rings. The molecule has 0 bridgehead atoms. The predicted octanol–water partition coefficient (Wildman–Crippen LogP) is 1.27. The van der Waals surface area contributed by atoms with Crippen molar-refractivity contribution in [3.63, 3.8) is 0 Å². The molecule has 22 heavy (non-hydrogen) atoms. The van der Waals surface area contributed by atoms with Gasteiger partial charge in [0.05, 0.1) is 17.9 Å². The van der Waals surface area contributed by atoms with Crippen LogP contribution in [0, 0.1) is 5.41 Å². The summed E-state index contributed by atoms with van der Waals surface area (Å²) in [7, 11) is 0. The van der Waals surface area contributed by atoms with Gasteiger partial charge in [0, 0.05) is 12.0 Å². The van der Waals surface area contributed by atoms with Gasteiger partial charge in [0.1, 0.15) is 0 Å². The number of para-hydroxylation sites is 1. The molecule has 1 aromatic carbocycles. The van der Waals surface area contributed by atoms with Gasteiger partial charge in [0.15, 0.2) is 5.11 Å².